The number of rotatable bonds is 5. The van der Waals surface area contributed by atoms with Crippen LogP contribution in [0.4, 0.5) is 4.39 Å². The van der Waals surface area contributed by atoms with Crippen molar-refractivity contribution in [2.24, 2.45) is 0 Å². The van der Waals surface area contributed by atoms with E-state index >= 15 is 0 Å². The Bertz CT molecular complexity index is 766. The lowest BCUT2D eigenvalue weighted by Gasteiger charge is -2.29. The fourth-order valence-electron chi connectivity index (χ4n) is 3.43. The number of hydrogen-bond acceptors (Lipinski definition) is 2. The van der Waals surface area contributed by atoms with Crippen molar-refractivity contribution >= 4 is 23.3 Å². The summed E-state index contributed by atoms with van der Waals surface area (Å²) in [5.41, 5.74) is 3.18. The largest absolute Gasteiger partial charge is 0.389 e. The van der Waals surface area contributed by atoms with Crippen molar-refractivity contribution in [2.45, 2.75) is 31.9 Å². The van der Waals surface area contributed by atoms with Crippen molar-refractivity contribution in [1.82, 2.24) is 9.88 Å². The molecule has 3 rings (SSSR count). The van der Waals surface area contributed by atoms with Crippen LogP contribution in [0.5, 0.6) is 0 Å². The molecule has 1 aromatic carbocycles. The summed E-state index contributed by atoms with van der Waals surface area (Å²) >= 11 is 0. The zero-order valence-electron chi connectivity index (χ0n) is 14.0. The minimum atomic E-state index is -0.544. The van der Waals surface area contributed by atoms with Crippen LogP contribution in [0.15, 0.2) is 48.2 Å². The summed E-state index contributed by atoms with van der Waals surface area (Å²) < 4.78 is 15.7. The van der Waals surface area contributed by atoms with E-state index in [0.29, 0.717) is 6.54 Å². The zero-order valence-corrected chi connectivity index (χ0v) is 14.8. The molecule has 0 aliphatic heterocycles. The summed E-state index contributed by atoms with van der Waals surface area (Å²) in [6.45, 7) is 2.49. The molecule has 5 heteroatoms. The molecule has 0 bridgehead atoms. The van der Waals surface area contributed by atoms with Gasteiger partial charge in [0.15, 0.2) is 0 Å². The second kappa shape index (κ2) is 7.97. The number of aliphatic hydroxyl groups is 1. The van der Waals surface area contributed by atoms with E-state index in [0.717, 1.165) is 29.3 Å². The van der Waals surface area contributed by atoms with Crippen LogP contribution in [0.25, 0.3) is 10.9 Å². The number of benzene rings is 1. The number of aliphatic hydroxyl groups excluding tert-OH is 1. The lowest BCUT2D eigenvalue weighted by Crippen LogP contribution is -2.34. The average Bonchev–Trinajstić information content (AvgIpc) is 2.85. The van der Waals surface area contributed by atoms with Crippen molar-refractivity contribution in [3.05, 3.63) is 59.6 Å². The van der Waals surface area contributed by atoms with Crippen LogP contribution in [0.3, 0.4) is 0 Å². The van der Waals surface area contributed by atoms with Gasteiger partial charge in [-0.15, -0.1) is 12.4 Å². The van der Waals surface area contributed by atoms with Gasteiger partial charge >= 0.3 is 0 Å². The molecule has 2 aromatic rings. The highest BCUT2D eigenvalue weighted by molar-refractivity contribution is 5.85. The third-order valence-electron chi connectivity index (χ3n) is 4.50. The third kappa shape index (κ3) is 3.56. The van der Waals surface area contributed by atoms with Crippen molar-refractivity contribution in [1.29, 1.82) is 0 Å². The van der Waals surface area contributed by atoms with Crippen LogP contribution in [0.2, 0.25) is 0 Å². The highest BCUT2D eigenvalue weighted by Crippen LogP contribution is 2.33. The van der Waals surface area contributed by atoms with Gasteiger partial charge in [0.1, 0.15) is 5.82 Å². The predicted molar refractivity (Wildman–Crippen MR) is 99.3 cm³/mol. The lowest BCUT2D eigenvalue weighted by atomic mass is 9.93. The smallest absolute Gasteiger partial charge is 0.123 e. The van der Waals surface area contributed by atoms with E-state index in [1.165, 1.54) is 11.6 Å². The first-order chi connectivity index (χ1) is 11.1. The number of aryl methyl sites for hydroxylation is 1. The zero-order chi connectivity index (χ0) is 16.4. The standard InChI is InChI=1S/C19H23FN2O.ClH/c1-13-12-22(17-9-8-15(20)10-16(13)17)19(18(23)11-21-2)14-6-4-3-5-7-14;/h3-4,6,8-10,12,18-19,21,23H,5,7,11H2,1-2H3;1H/t18?,19-;/m0./s1. The maximum atomic E-state index is 13.6. The van der Waals surface area contributed by atoms with Gasteiger partial charge in [0.05, 0.1) is 12.1 Å². The first-order valence-electron chi connectivity index (χ1n) is 8.06. The molecule has 1 aromatic heterocycles. The summed E-state index contributed by atoms with van der Waals surface area (Å²) in [6, 6.07) is 4.71. The molecule has 0 fully saturated rings. The minimum Gasteiger partial charge on any atom is -0.389 e. The number of nitrogens with one attached hydrogen (secondary N) is 1. The van der Waals surface area contributed by atoms with E-state index in [1.54, 1.807) is 12.1 Å². The molecule has 0 amide bonds. The molecule has 1 unspecified atom stereocenters. The Labute approximate surface area is 148 Å². The second-order valence-electron chi connectivity index (χ2n) is 6.16. The Balaban J connectivity index is 0.00000208. The van der Waals surface area contributed by atoms with Crippen molar-refractivity contribution in [3.8, 4) is 0 Å². The van der Waals surface area contributed by atoms with E-state index in [9.17, 15) is 9.50 Å². The fourth-order valence-corrected chi connectivity index (χ4v) is 3.43. The molecule has 1 aliphatic rings. The number of fused-ring (bicyclic) bond motifs is 1. The number of aromatic nitrogens is 1. The van der Waals surface area contributed by atoms with E-state index in [1.807, 2.05) is 20.2 Å². The van der Waals surface area contributed by atoms with E-state index in [4.69, 9.17) is 0 Å². The molecule has 24 heavy (non-hydrogen) atoms. The molecule has 2 N–H and O–H groups in total. The van der Waals surface area contributed by atoms with Gasteiger partial charge < -0.3 is 15.0 Å². The molecular formula is C19H24ClFN2O. The molecule has 0 radical (unpaired) electrons. The Hall–Kier alpha value is -1.62. The van der Waals surface area contributed by atoms with Gasteiger partial charge in [0, 0.05) is 23.6 Å². The van der Waals surface area contributed by atoms with Gasteiger partial charge in [-0.05, 0) is 56.1 Å². The maximum Gasteiger partial charge on any atom is 0.123 e. The molecule has 0 spiro atoms. The average molecular weight is 351 g/mol. The first kappa shape index (κ1) is 18.7. The van der Waals surface area contributed by atoms with Crippen molar-refractivity contribution in [2.75, 3.05) is 13.6 Å². The van der Waals surface area contributed by atoms with Crippen LogP contribution in [-0.2, 0) is 0 Å². The topological polar surface area (TPSA) is 37.2 Å². The number of hydrogen-bond donors (Lipinski definition) is 2. The SMILES string of the molecule is CNCC(O)[C@H](C1=CC=CCC1)n1cc(C)c2cc(F)ccc21.Cl. The van der Waals surface area contributed by atoms with Gasteiger partial charge in [-0.2, -0.15) is 0 Å². The van der Waals surface area contributed by atoms with Gasteiger partial charge in [0.2, 0.25) is 0 Å². The number of nitrogens with zero attached hydrogens (tertiary/aromatic N) is 1. The number of likely N-dealkylation sites (N-methyl/N-ethyl adjacent to an activating group) is 1. The monoisotopic (exact) mass is 350 g/mol. The Morgan fingerprint density at radius 2 is 2.17 bits per heavy atom. The molecular weight excluding hydrogens is 327 g/mol. The highest BCUT2D eigenvalue weighted by atomic mass is 35.5. The second-order valence-corrected chi connectivity index (χ2v) is 6.16. The molecule has 2 atom stereocenters. The van der Waals surface area contributed by atoms with Crippen LogP contribution < -0.4 is 5.32 Å². The summed E-state index contributed by atoms with van der Waals surface area (Å²) in [6.07, 6.45) is 9.68. The molecule has 130 valence electrons. The Kier molecular flexibility index (Phi) is 6.21. The van der Waals surface area contributed by atoms with Crippen LogP contribution in [0.1, 0.15) is 24.4 Å². The first-order valence-corrected chi connectivity index (χ1v) is 8.06. The van der Waals surface area contributed by atoms with Gasteiger partial charge in [-0.3, -0.25) is 0 Å². The fraction of sp³-hybridized carbons (Fsp3) is 0.368. The lowest BCUT2D eigenvalue weighted by molar-refractivity contribution is 0.129. The Morgan fingerprint density at radius 1 is 1.38 bits per heavy atom. The molecule has 0 saturated carbocycles. The van der Waals surface area contributed by atoms with E-state index in [-0.39, 0.29) is 24.3 Å². The van der Waals surface area contributed by atoms with Crippen LogP contribution >= 0.6 is 12.4 Å². The summed E-state index contributed by atoms with van der Waals surface area (Å²) in [4.78, 5) is 0. The number of allylic oxidation sites excluding steroid dienone is 3. The van der Waals surface area contributed by atoms with Crippen molar-refractivity contribution < 1.29 is 9.50 Å². The van der Waals surface area contributed by atoms with Crippen LogP contribution in [-0.4, -0.2) is 29.4 Å². The quantitative estimate of drug-likeness (QED) is 0.858. The highest BCUT2D eigenvalue weighted by Gasteiger charge is 2.26. The minimum absolute atomic E-state index is 0. The van der Waals surface area contributed by atoms with E-state index < -0.39 is 6.10 Å². The summed E-state index contributed by atoms with van der Waals surface area (Å²) in [5.74, 6) is -0.231. The summed E-state index contributed by atoms with van der Waals surface area (Å²) in [5, 5.41) is 14.7. The maximum absolute atomic E-state index is 13.6. The number of halogens is 2. The molecule has 3 nitrogen and oxygen atoms in total. The molecule has 1 aliphatic carbocycles. The van der Waals surface area contributed by atoms with Gasteiger partial charge in [-0.1, -0.05) is 18.2 Å². The van der Waals surface area contributed by atoms with Gasteiger partial charge in [0.25, 0.3) is 0 Å². The summed E-state index contributed by atoms with van der Waals surface area (Å²) in [7, 11) is 1.84. The van der Waals surface area contributed by atoms with Gasteiger partial charge in [-0.25, -0.2) is 4.39 Å². The van der Waals surface area contributed by atoms with Crippen molar-refractivity contribution in [3.63, 3.8) is 0 Å². The third-order valence-corrected chi connectivity index (χ3v) is 4.50. The van der Waals surface area contributed by atoms with Crippen LogP contribution in [0, 0.1) is 12.7 Å². The van der Waals surface area contributed by atoms with E-state index in [2.05, 4.69) is 28.1 Å². The molecule has 1 heterocycles. The normalized spacial score (nSPS) is 16.6. The predicted octanol–water partition coefficient (Wildman–Crippen LogP) is 3.91. The molecule has 0 saturated heterocycles. The Morgan fingerprint density at radius 3 is 2.83 bits per heavy atom.